The number of hydrogen-bond acceptors (Lipinski definition) is 1. The minimum Gasteiger partial charge on any atom is -0.379 e. The van der Waals surface area contributed by atoms with E-state index < -0.39 is 0 Å². The quantitative estimate of drug-likeness (QED) is 0.722. The molecule has 0 fully saturated rings. The van der Waals surface area contributed by atoms with Crippen molar-refractivity contribution in [1.82, 2.24) is 0 Å². The molecule has 0 aliphatic heterocycles. The van der Waals surface area contributed by atoms with Crippen LogP contribution in [0.25, 0.3) is 0 Å². The average Bonchev–Trinajstić information content (AvgIpc) is 2.26. The lowest BCUT2D eigenvalue weighted by molar-refractivity contribution is 0.777. The minimum atomic E-state index is 0.456. The van der Waals surface area contributed by atoms with Crippen molar-refractivity contribution in [2.45, 2.75) is 40.2 Å². The van der Waals surface area contributed by atoms with Crippen LogP contribution in [-0.2, 0) is 0 Å². The first-order chi connectivity index (χ1) is 7.15. The molecule has 1 heteroatoms. The van der Waals surface area contributed by atoms with Gasteiger partial charge in [0.05, 0.1) is 0 Å². The molecule has 15 heavy (non-hydrogen) atoms. The van der Waals surface area contributed by atoms with Gasteiger partial charge in [0.2, 0.25) is 0 Å². The first-order valence-electron chi connectivity index (χ1n) is 5.60. The van der Waals surface area contributed by atoms with Crippen LogP contribution in [0.2, 0.25) is 0 Å². The normalized spacial score (nSPS) is 12.0. The number of benzene rings is 1. The fourth-order valence-electron chi connectivity index (χ4n) is 1.60. The van der Waals surface area contributed by atoms with E-state index in [1.807, 2.05) is 6.07 Å². The summed E-state index contributed by atoms with van der Waals surface area (Å²) in [7, 11) is 0. The third-order valence-electron chi connectivity index (χ3n) is 2.83. The zero-order chi connectivity index (χ0) is 11.3. The number of hydrogen-bond donors (Lipinski definition) is 1. The van der Waals surface area contributed by atoms with E-state index in [9.17, 15) is 0 Å². The Morgan fingerprint density at radius 3 is 2.20 bits per heavy atom. The molecule has 0 saturated heterocycles. The smallest absolute Gasteiger partial charge is 0.0470 e. The van der Waals surface area contributed by atoms with Gasteiger partial charge in [0.1, 0.15) is 0 Å². The number of anilines is 1. The van der Waals surface area contributed by atoms with Gasteiger partial charge >= 0.3 is 0 Å². The number of allylic oxidation sites excluding steroid dienone is 1. The van der Waals surface area contributed by atoms with Gasteiger partial charge in [-0.1, -0.05) is 36.3 Å². The van der Waals surface area contributed by atoms with Gasteiger partial charge in [0.25, 0.3) is 0 Å². The van der Waals surface area contributed by atoms with E-state index >= 15 is 0 Å². The van der Waals surface area contributed by atoms with Gasteiger partial charge in [-0.3, -0.25) is 0 Å². The SMILES string of the molecule is CCC(Nc1ccccc1)C(C)=C(C)C. The molecule has 0 aromatic heterocycles. The summed E-state index contributed by atoms with van der Waals surface area (Å²) < 4.78 is 0. The van der Waals surface area contributed by atoms with Gasteiger partial charge in [-0.25, -0.2) is 0 Å². The first kappa shape index (κ1) is 11.8. The summed E-state index contributed by atoms with van der Waals surface area (Å²) in [6, 6.07) is 10.8. The predicted octanol–water partition coefficient (Wildman–Crippen LogP) is 4.23. The van der Waals surface area contributed by atoms with Gasteiger partial charge in [-0.05, 0) is 39.3 Å². The fraction of sp³-hybridized carbons (Fsp3) is 0.429. The van der Waals surface area contributed by atoms with Crippen molar-refractivity contribution in [1.29, 1.82) is 0 Å². The van der Waals surface area contributed by atoms with Gasteiger partial charge in [-0.2, -0.15) is 0 Å². The molecule has 1 atom stereocenters. The van der Waals surface area contributed by atoms with E-state index in [0.29, 0.717) is 6.04 Å². The maximum absolute atomic E-state index is 3.55. The first-order valence-corrected chi connectivity index (χ1v) is 5.60. The van der Waals surface area contributed by atoms with Gasteiger partial charge in [0, 0.05) is 11.7 Å². The topological polar surface area (TPSA) is 12.0 Å². The average molecular weight is 203 g/mol. The Morgan fingerprint density at radius 2 is 1.73 bits per heavy atom. The maximum Gasteiger partial charge on any atom is 0.0470 e. The Labute approximate surface area is 93.2 Å². The predicted molar refractivity (Wildman–Crippen MR) is 68.2 cm³/mol. The third-order valence-corrected chi connectivity index (χ3v) is 2.83. The molecule has 82 valence electrons. The van der Waals surface area contributed by atoms with Gasteiger partial charge < -0.3 is 5.32 Å². The lowest BCUT2D eigenvalue weighted by atomic mass is 10.0. The van der Waals surface area contributed by atoms with Crippen LogP contribution >= 0.6 is 0 Å². The van der Waals surface area contributed by atoms with Crippen LogP contribution in [0.15, 0.2) is 41.5 Å². The number of nitrogens with one attached hydrogen (secondary N) is 1. The van der Waals surface area contributed by atoms with E-state index in [4.69, 9.17) is 0 Å². The molecular formula is C14H21N. The summed E-state index contributed by atoms with van der Waals surface area (Å²) in [5, 5.41) is 3.55. The summed E-state index contributed by atoms with van der Waals surface area (Å²) in [6.07, 6.45) is 1.12. The van der Waals surface area contributed by atoms with Crippen molar-refractivity contribution in [3.05, 3.63) is 41.5 Å². The Bertz CT molecular complexity index is 320. The van der Waals surface area contributed by atoms with Crippen LogP contribution in [-0.4, -0.2) is 6.04 Å². The van der Waals surface area contributed by atoms with E-state index in [0.717, 1.165) is 6.42 Å². The molecular weight excluding hydrogens is 182 g/mol. The summed E-state index contributed by atoms with van der Waals surface area (Å²) in [5.41, 5.74) is 4.05. The highest BCUT2D eigenvalue weighted by Crippen LogP contribution is 2.16. The molecule has 0 aliphatic rings. The Kier molecular flexibility index (Phi) is 4.41. The van der Waals surface area contributed by atoms with Gasteiger partial charge in [-0.15, -0.1) is 0 Å². The molecule has 0 aliphatic carbocycles. The van der Waals surface area contributed by atoms with Crippen LogP contribution in [0.3, 0.4) is 0 Å². The third kappa shape index (κ3) is 3.43. The van der Waals surface area contributed by atoms with Crippen molar-refractivity contribution in [2.24, 2.45) is 0 Å². The zero-order valence-corrected chi connectivity index (χ0v) is 10.2. The summed E-state index contributed by atoms with van der Waals surface area (Å²) >= 11 is 0. The molecule has 0 heterocycles. The lowest BCUT2D eigenvalue weighted by Crippen LogP contribution is -2.20. The molecule has 1 aromatic carbocycles. The highest BCUT2D eigenvalue weighted by molar-refractivity contribution is 5.45. The monoisotopic (exact) mass is 203 g/mol. The lowest BCUT2D eigenvalue weighted by Gasteiger charge is -2.20. The molecule has 1 nitrogen and oxygen atoms in total. The second-order valence-corrected chi connectivity index (χ2v) is 4.15. The van der Waals surface area contributed by atoms with Crippen LogP contribution in [0, 0.1) is 0 Å². The number of para-hydroxylation sites is 1. The molecule has 0 spiro atoms. The van der Waals surface area contributed by atoms with Crippen molar-refractivity contribution in [3.8, 4) is 0 Å². The van der Waals surface area contributed by atoms with E-state index in [1.54, 1.807) is 0 Å². The van der Waals surface area contributed by atoms with Crippen molar-refractivity contribution in [3.63, 3.8) is 0 Å². The Balaban J connectivity index is 2.75. The standard InChI is InChI=1S/C14H21N/c1-5-14(12(4)11(2)3)15-13-9-7-6-8-10-13/h6-10,14-15H,5H2,1-4H3. The maximum atomic E-state index is 3.55. The van der Waals surface area contributed by atoms with Crippen LogP contribution in [0.1, 0.15) is 34.1 Å². The molecule has 0 saturated carbocycles. The molecule has 1 rings (SSSR count). The Hall–Kier alpha value is -1.24. The fourth-order valence-corrected chi connectivity index (χ4v) is 1.60. The largest absolute Gasteiger partial charge is 0.379 e. The van der Waals surface area contributed by atoms with Crippen molar-refractivity contribution < 1.29 is 0 Å². The molecule has 0 bridgehead atoms. The molecule has 1 aromatic rings. The van der Waals surface area contributed by atoms with Crippen LogP contribution in [0.4, 0.5) is 5.69 Å². The summed E-state index contributed by atoms with van der Waals surface area (Å²) in [5.74, 6) is 0. The second kappa shape index (κ2) is 5.59. The van der Waals surface area contributed by atoms with E-state index in [2.05, 4.69) is 57.3 Å². The highest BCUT2D eigenvalue weighted by atomic mass is 14.9. The van der Waals surface area contributed by atoms with Crippen molar-refractivity contribution in [2.75, 3.05) is 5.32 Å². The Morgan fingerprint density at radius 1 is 1.13 bits per heavy atom. The van der Waals surface area contributed by atoms with E-state index in [1.165, 1.54) is 16.8 Å². The van der Waals surface area contributed by atoms with Crippen molar-refractivity contribution >= 4 is 5.69 Å². The van der Waals surface area contributed by atoms with Crippen LogP contribution < -0.4 is 5.32 Å². The zero-order valence-electron chi connectivity index (χ0n) is 10.2. The van der Waals surface area contributed by atoms with E-state index in [-0.39, 0.29) is 0 Å². The molecule has 1 N–H and O–H groups in total. The van der Waals surface area contributed by atoms with Gasteiger partial charge in [0.15, 0.2) is 0 Å². The molecule has 0 radical (unpaired) electrons. The summed E-state index contributed by atoms with van der Waals surface area (Å²) in [4.78, 5) is 0. The van der Waals surface area contributed by atoms with Crippen LogP contribution in [0.5, 0.6) is 0 Å². The molecule has 0 amide bonds. The minimum absolute atomic E-state index is 0.456. The number of rotatable bonds is 4. The highest BCUT2D eigenvalue weighted by Gasteiger charge is 2.08. The second-order valence-electron chi connectivity index (χ2n) is 4.15. The molecule has 1 unspecified atom stereocenters. The summed E-state index contributed by atoms with van der Waals surface area (Å²) in [6.45, 7) is 8.77.